The molecule has 0 amide bonds. The number of carboxylic acids is 1. The van der Waals surface area contributed by atoms with Gasteiger partial charge in [0.15, 0.2) is 5.82 Å². The average Bonchev–Trinajstić information content (AvgIpc) is 3.19. The van der Waals surface area contributed by atoms with Crippen molar-refractivity contribution in [2.24, 2.45) is 0 Å². The lowest BCUT2D eigenvalue weighted by Gasteiger charge is -2.19. The molecule has 54 heavy (non-hydrogen) atoms. The number of H-pyrrole nitrogens is 1. The van der Waals surface area contributed by atoms with Crippen LogP contribution in [0.5, 0.6) is 11.5 Å². The van der Waals surface area contributed by atoms with Gasteiger partial charge in [-0.05, 0) is 111 Å². The highest BCUT2D eigenvalue weighted by molar-refractivity contribution is 5.94. The molecule has 2 heterocycles. The summed E-state index contributed by atoms with van der Waals surface area (Å²) in [6.45, 7) is 5.81. The molecule has 0 unspecified atom stereocenters. The number of carboxylic acid groups (broad SMARTS) is 1. The maximum Gasteiger partial charge on any atom is 0.337 e. The van der Waals surface area contributed by atoms with Crippen LogP contribution in [-0.4, -0.2) is 70.2 Å². The van der Waals surface area contributed by atoms with Gasteiger partial charge in [-0.1, -0.05) is 40.1 Å². The first kappa shape index (κ1) is 39.7. The molecule has 0 atom stereocenters. The highest BCUT2D eigenvalue weighted by atomic mass is 16.5. The van der Waals surface area contributed by atoms with Gasteiger partial charge in [-0.2, -0.15) is 0 Å². The van der Waals surface area contributed by atoms with Crippen LogP contribution in [0.25, 0.3) is 21.8 Å². The van der Waals surface area contributed by atoms with Gasteiger partial charge in [0.2, 0.25) is 0 Å². The lowest BCUT2D eigenvalue weighted by Crippen LogP contribution is -2.13. The fraction of sp³-hybridized carbons (Fsp3) is 0.175. The third-order valence-corrected chi connectivity index (χ3v) is 7.99. The molecular weight excluding hydrogens is 686 g/mol. The minimum absolute atomic E-state index is 0.171. The summed E-state index contributed by atoms with van der Waals surface area (Å²) in [5.74, 6) is 1.52. The molecule has 0 aliphatic rings. The average molecular weight is 730 g/mol. The van der Waals surface area contributed by atoms with Gasteiger partial charge in [0.1, 0.15) is 17.0 Å². The predicted octanol–water partition coefficient (Wildman–Crippen LogP) is 6.75. The number of nitrogens with one attached hydrogen (secondary N) is 2. The lowest BCUT2D eigenvalue weighted by molar-refractivity contribution is 0.0698. The highest BCUT2D eigenvalue weighted by Crippen LogP contribution is 2.29. The van der Waals surface area contributed by atoms with Gasteiger partial charge < -0.3 is 30.5 Å². The van der Waals surface area contributed by atoms with Crippen molar-refractivity contribution in [1.29, 1.82) is 0 Å². The lowest BCUT2D eigenvalue weighted by atomic mass is 10.1. The summed E-state index contributed by atoms with van der Waals surface area (Å²) >= 11 is 0. The van der Waals surface area contributed by atoms with E-state index in [1.54, 1.807) is 44.6 Å². The second-order valence-electron chi connectivity index (χ2n) is 11.9. The SMILES string of the molecule is CNc1ccc(OC)cc1.COc1ccc(N(C)c2nnnc3ccc(C)cc23)cc1.Cc1ccc(N)c(C(=O)O)c1.Cc1ccc2nn[nH]c(=O)c2c1. The molecule has 0 saturated heterocycles. The molecule has 0 radical (unpaired) electrons. The molecule has 0 spiro atoms. The Morgan fingerprint density at radius 2 is 1.28 bits per heavy atom. The molecule has 5 N–H and O–H groups in total. The molecule has 0 aliphatic heterocycles. The highest BCUT2D eigenvalue weighted by Gasteiger charge is 2.12. The van der Waals surface area contributed by atoms with E-state index in [2.05, 4.69) is 49.1 Å². The quantitative estimate of drug-likeness (QED) is 0.131. The zero-order valence-corrected chi connectivity index (χ0v) is 31.2. The molecule has 7 rings (SSSR count). The number of carbonyl (C=O) groups is 1. The van der Waals surface area contributed by atoms with Gasteiger partial charge in [0.05, 0.1) is 30.7 Å². The van der Waals surface area contributed by atoms with Crippen molar-refractivity contribution in [2.75, 3.05) is 44.3 Å². The van der Waals surface area contributed by atoms with Crippen molar-refractivity contribution >= 4 is 50.7 Å². The summed E-state index contributed by atoms with van der Waals surface area (Å²) in [5, 5.41) is 34.9. The molecular formula is C40H43N9O5. The monoisotopic (exact) mass is 729 g/mol. The largest absolute Gasteiger partial charge is 0.497 e. The Bertz CT molecular complexity index is 2340. The van der Waals surface area contributed by atoms with E-state index >= 15 is 0 Å². The van der Waals surface area contributed by atoms with E-state index in [1.807, 2.05) is 99.6 Å². The Hall–Kier alpha value is -7.09. The molecule has 278 valence electrons. The zero-order valence-electron chi connectivity index (χ0n) is 31.2. The minimum atomic E-state index is -0.980. The number of ether oxygens (including phenoxy) is 2. The standard InChI is InChI=1S/C16H16N4O.C8H7N3O.C8H9NO2.C8H11NO/c1-11-4-9-15-14(10-11)16(18-19-17-15)20(2)12-5-7-13(21-3)8-6-12;1-5-2-3-7-6(4-5)8(12)10-11-9-7;1-5-2-3-7(9)6(4-5)8(10)11;1-9-7-3-5-8(10-2)6-4-7/h4-10H,1-3H3;2-4H,1H3,(H,9,10,12);2-4H,9H2,1H3,(H,10,11);3-6,9H,1-2H3. The Balaban J connectivity index is 0.000000170. The van der Waals surface area contributed by atoms with Crippen LogP contribution in [-0.2, 0) is 0 Å². The van der Waals surface area contributed by atoms with Gasteiger partial charge in [0, 0.05) is 36.5 Å². The number of methoxy groups -OCH3 is 2. The second-order valence-corrected chi connectivity index (χ2v) is 11.9. The molecule has 2 aromatic heterocycles. The second kappa shape index (κ2) is 18.9. The van der Waals surface area contributed by atoms with Crippen molar-refractivity contribution in [3.63, 3.8) is 0 Å². The van der Waals surface area contributed by atoms with E-state index in [1.165, 1.54) is 5.56 Å². The Morgan fingerprint density at radius 3 is 1.83 bits per heavy atom. The molecule has 14 nitrogen and oxygen atoms in total. The van der Waals surface area contributed by atoms with Crippen LogP contribution in [0.15, 0.2) is 108 Å². The molecule has 0 bridgehead atoms. The van der Waals surface area contributed by atoms with Crippen LogP contribution in [0.2, 0.25) is 0 Å². The summed E-state index contributed by atoms with van der Waals surface area (Å²) in [4.78, 5) is 23.7. The first-order chi connectivity index (χ1) is 25.9. The van der Waals surface area contributed by atoms with E-state index < -0.39 is 5.97 Å². The Kier molecular flexibility index (Phi) is 13.9. The number of anilines is 4. The van der Waals surface area contributed by atoms with Crippen molar-refractivity contribution in [3.05, 3.63) is 136 Å². The predicted molar refractivity (Wildman–Crippen MR) is 213 cm³/mol. The van der Waals surface area contributed by atoms with E-state index in [4.69, 9.17) is 20.3 Å². The fourth-order valence-electron chi connectivity index (χ4n) is 4.98. The Morgan fingerprint density at radius 1 is 0.741 bits per heavy atom. The number of fused-ring (bicyclic) bond motifs is 2. The maximum absolute atomic E-state index is 11.2. The van der Waals surface area contributed by atoms with Crippen LogP contribution >= 0.6 is 0 Å². The van der Waals surface area contributed by atoms with Crippen LogP contribution < -0.4 is 31.0 Å². The number of aromatic carboxylic acids is 1. The third kappa shape index (κ3) is 10.7. The molecule has 14 heteroatoms. The van der Waals surface area contributed by atoms with Crippen LogP contribution in [0.1, 0.15) is 27.0 Å². The van der Waals surface area contributed by atoms with Crippen molar-refractivity contribution in [3.8, 4) is 11.5 Å². The molecule has 0 saturated carbocycles. The number of rotatable bonds is 6. The molecule has 0 aliphatic carbocycles. The molecule has 7 aromatic rings. The number of aromatic amines is 1. The minimum Gasteiger partial charge on any atom is -0.497 e. The number of nitrogens with zero attached hydrogens (tertiary/aromatic N) is 6. The fourth-order valence-corrected chi connectivity index (χ4v) is 4.98. The number of aromatic nitrogens is 6. The molecule has 5 aromatic carbocycles. The van der Waals surface area contributed by atoms with E-state index in [0.29, 0.717) is 16.6 Å². The van der Waals surface area contributed by atoms with Gasteiger partial charge in [0.25, 0.3) is 5.56 Å². The summed E-state index contributed by atoms with van der Waals surface area (Å²) in [6.07, 6.45) is 0. The van der Waals surface area contributed by atoms with Crippen molar-refractivity contribution in [2.45, 2.75) is 20.8 Å². The summed E-state index contributed by atoms with van der Waals surface area (Å²) in [5.41, 5.74) is 12.4. The summed E-state index contributed by atoms with van der Waals surface area (Å²) in [6, 6.07) is 32.1. The maximum atomic E-state index is 11.2. The van der Waals surface area contributed by atoms with Crippen LogP contribution in [0, 0.1) is 20.8 Å². The molecule has 0 fully saturated rings. The first-order valence-corrected chi connectivity index (χ1v) is 16.6. The topological polar surface area (TPSA) is 194 Å². The number of hydrogen-bond donors (Lipinski definition) is 4. The van der Waals surface area contributed by atoms with E-state index in [0.717, 1.165) is 50.7 Å². The van der Waals surface area contributed by atoms with Crippen molar-refractivity contribution in [1.82, 2.24) is 30.8 Å². The van der Waals surface area contributed by atoms with Gasteiger partial charge >= 0.3 is 5.97 Å². The van der Waals surface area contributed by atoms with E-state index in [-0.39, 0.29) is 11.1 Å². The van der Waals surface area contributed by atoms with Gasteiger partial charge in [-0.3, -0.25) is 4.79 Å². The number of nitrogens with two attached hydrogens (primary N) is 1. The smallest absolute Gasteiger partial charge is 0.337 e. The number of hydrogen-bond acceptors (Lipinski definition) is 12. The Labute approximate surface area is 312 Å². The normalized spacial score (nSPS) is 10.1. The number of nitrogen functional groups attached to an aromatic ring is 1. The van der Waals surface area contributed by atoms with Gasteiger partial charge in [-0.25, -0.2) is 9.89 Å². The van der Waals surface area contributed by atoms with Crippen LogP contribution in [0.3, 0.4) is 0 Å². The summed E-state index contributed by atoms with van der Waals surface area (Å²) in [7, 11) is 7.17. The zero-order chi connectivity index (χ0) is 39.2. The number of benzene rings is 5. The third-order valence-electron chi connectivity index (χ3n) is 7.99. The number of aryl methyl sites for hydroxylation is 3. The van der Waals surface area contributed by atoms with E-state index in [9.17, 15) is 9.59 Å². The first-order valence-electron chi connectivity index (χ1n) is 16.6. The van der Waals surface area contributed by atoms with Crippen molar-refractivity contribution < 1.29 is 19.4 Å². The summed E-state index contributed by atoms with van der Waals surface area (Å²) < 4.78 is 10.2. The van der Waals surface area contributed by atoms with Crippen LogP contribution in [0.4, 0.5) is 22.9 Å². The van der Waals surface area contributed by atoms with Gasteiger partial charge in [-0.15, -0.1) is 15.3 Å².